The van der Waals surface area contributed by atoms with Crippen molar-refractivity contribution in [1.82, 2.24) is 14.4 Å². The first kappa shape index (κ1) is 45.3. The molecule has 322 valence electrons. The molecule has 3 aliphatic heterocycles. The van der Waals surface area contributed by atoms with Crippen LogP contribution in [0.25, 0.3) is 10.9 Å². The van der Waals surface area contributed by atoms with Crippen molar-refractivity contribution >= 4 is 34.5 Å². The van der Waals surface area contributed by atoms with Crippen LogP contribution in [-0.2, 0) is 44.6 Å². The van der Waals surface area contributed by atoms with Gasteiger partial charge in [0.25, 0.3) is 5.67 Å². The van der Waals surface area contributed by atoms with Crippen LogP contribution in [0.15, 0.2) is 41.3 Å². The van der Waals surface area contributed by atoms with Crippen LogP contribution in [0.3, 0.4) is 0 Å². The average Bonchev–Trinajstić information content (AvgIpc) is 3.44. The summed E-state index contributed by atoms with van der Waals surface area (Å²) >= 11 is 0. The zero-order chi connectivity index (χ0) is 43.1. The number of nitrogens with zero attached hydrogens (tertiary/aromatic N) is 3. The summed E-state index contributed by atoms with van der Waals surface area (Å²) in [6, 6.07) is 7.37. The lowest BCUT2D eigenvalue weighted by atomic mass is 9.73. The third-order valence-corrected chi connectivity index (χ3v) is 12.9. The van der Waals surface area contributed by atoms with Gasteiger partial charge in [-0.1, -0.05) is 39.8 Å². The predicted octanol–water partition coefficient (Wildman–Crippen LogP) is 4.69. The Morgan fingerprint density at radius 2 is 1.66 bits per heavy atom. The second-order valence-corrected chi connectivity index (χ2v) is 17.3. The number of amides is 1. The second kappa shape index (κ2) is 17.5. The fourth-order valence-electron chi connectivity index (χ4n) is 9.58. The van der Waals surface area contributed by atoms with Gasteiger partial charge in [-0.05, 0) is 79.6 Å². The average molecular weight is 816 g/mol. The molecule has 1 aromatic heterocycles. The zero-order valence-corrected chi connectivity index (χ0v) is 35.7. The molecule has 0 unspecified atom stereocenters. The summed E-state index contributed by atoms with van der Waals surface area (Å²) in [5.74, 6) is -5.92. The SMILES string of the molecule is CC[C@H]1OC(=O)[C@@](C)(F)C(=O)[C@H](C)[C@@H](O[C@@H]2O[C@H](C)C[C@H](N(C)C)[C@H]2O)[C@@](C)(OC)C[C@@H](C)C(=O)[C@H](C)[C@H]2N(CCCn3ccc(=O)c4ccccc43)C(=O)O[C@]12C. The molecule has 0 bridgehead atoms. The second-order valence-electron chi connectivity index (χ2n) is 17.3. The van der Waals surface area contributed by atoms with Gasteiger partial charge in [-0.15, -0.1) is 0 Å². The summed E-state index contributed by atoms with van der Waals surface area (Å²) in [5, 5.41) is 12.0. The number of aliphatic hydroxyl groups excluding tert-OH is 1. The van der Waals surface area contributed by atoms with E-state index in [-0.39, 0.29) is 42.7 Å². The number of ketones is 2. The molecule has 0 spiro atoms. The van der Waals surface area contributed by atoms with E-state index in [9.17, 15) is 29.1 Å². The van der Waals surface area contributed by atoms with E-state index in [0.717, 1.165) is 12.4 Å². The van der Waals surface area contributed by atoms with E-state index in [4.69, 9.17) is 23.7 Å². The number of carbonyl (C=O) groups excluding carboxylic acids is 4. The highest BCUT2D eigenvalue weighted by Crippen LogP contribution is 2.43. The van der Waals surface area contributed by atoms with Gasteiger partial charge in [0.1, 0.15) is 18.0 Å². The molecule has 1 aromatic carbocycles. The van der Waals surface area contributed by atoms with Crippen molar-refractivity contribution in [3.05, 3.63) is 46.8 Å². The van der Waals surface area contributed by atoms with Crippen molar-refractivity contribution < 1.29 is 52.4 Å². The van der Waals surface area contributed by atoms with Gasteiger partial charge in [-0.25, -0.2) is 14.0 Å². The molecule has 0 radical (unpaired) electrons. The van der Waals surface area contributed by atoms with Gasteiger partial charge in [-0.2, -0.15) is 0 Å². The van der Waals surface area contributed by atoms with E-state index in [0.29, 0.717) is 24.8 Å². The van der Waals surface area contributed by atoms with Gasteiger partial charge >= 0.3 is 12.1 Å². The molecule has 5 rings (SSSR count). The summed E-state index contributed by atoms with van der Waals surface area (Å²) in [6.45, 7) is 13.0. The molecule has 1 N–H and O–H groups in total. The number of cyclic esters (lactones) is 1. The van der Waals surface area contributed by atoms with Crippen molar-refractivity contribution in [2.24, 2.45) is 17.8 Å². The van der Waals surface area contributed by atoms with Crippen molar-refractivity contribution in [2.45, 2.75) is 147 Å². The van der Waals surface area contributed by atoms with Crippen LogP contribution in [-0.4, -0.2) is 131 Å². The Hall–Kier alpha value is -3.76. The summed E-state index contributed by atoms with van der Waals surface area (Å²) in [5.41, 5.74) is -5.67. The Labute approximate surface area is 340 Å². The number of ether oxygens (including phenoxy) is 5. The van der Waals surface area contributed by atoms with E-state index in [2.05, 4.69) is 0 Å². The lowest BCUT2D eigenvalue weighted by molar-refractivity contribution is -0.295. The number of para-hydroxylation sites is 1. The Balaban J connectivity index is 1.53. The normalized spacial score (nSPS) is 38.1. The Morgan fingerprint density at radius 3 is 2.29 bits per heavy atom. The monoisotopic (exact) mass is 815 g/mol. The van der Waals surface area contributed by atoms with Crippen LogP contribution < -0.4 is 5.43 Å². The van der Waals surface area contributed by atoms with E-state index < -0.39 is 83.1 Å². The third kappa shape index (κ3) is 8.47. The number of fused-ring (bicyclic) bond motifs is 2. The molecule has 3 saturated heterocycles. The highest BCUT2D eigenvalue weighted by atomic mass is 19.1. The first-order valence-corrected chi connectivity index (χ1v) is 20.4. The molecule has 15 heteroatoms. The van der Waals surface area contributed by atoms with Crippen molar-refractivity contribution in [2.75, 3.05) is 27.7 Å². The van der Waals surface area contributed by atoms with Crippen molar-refractivity contribution in [3.63, 3.8) is 0 Å². The number of hydrogen-bond donors (Lipinski definition) is 1. The molecule has 0 saturated carbocycles. The highest BCUT2D eigenvalue weighted by molar-refractivity contribution is 6.08. The van der Waals surface area contributed by atoms with Crippen molar-refractivity contribution in [1.29, 1.82) is 0 Å². The first-order valence-electron chi connectivity index (χ1n) is 20.4. The molecule has 4 heterocycles. The van der Waals surface area contributed by atoms with Crippen LogP contribution in [0.1, 0.15) is 81.1 Å². The lowest BCUT2D eigenvalue weighted by Gasteiger charge is -2.47. The molecule has 1 amide bonds. The van der Waals surface area contributed by atoms with E-state index >= 15 is 4.39 Å². The van der Waals surface area contributed by atoms with Gasteiger partial charge in [0.15, 0.2) is 23.1 Å². The number of aromatic nitrogens is 1. The van der Waals surface area contributed by atoms with Crippen LogP contribution >= 0.6 is 0 Å². The van der Waals surface area contributed by atoms with Crippen LogP contribution in [0.5, 0.6) is 0 Å². The number of benzene rings is 1. The number of alkyl halides is 1. The number of methoxy groups -OCH3 is 1. The number of aryl methyl sites for hydroxylation is 1. The number of halogens is 1. The number of Topliss-reactive ketones (excluding diaryl/α,β-unsaturated/α-hetero) is 2. The molecule has 0 aliphatic carbocycles. The largest absolute Gasteiger partial charge is 0.455 e. The molecular weight excluding hydrogens is 753 g/mol. The molecule has 3 aliphatic rings. The quantitative estimate of drug-likeness (QED) is 0.275. The van der Waals surface area contributed by atoms with E-state index in [1.54, 1.807) is 52.9 Å². The maximum Gasteiger partial charge on any atom is 0.410 e. The van der Waals surface area contributed by atoms with E-state index in [1.165, 1.54) is 25.0 Å². The number of rotatable bonds is 9. The summed E-state index contributed by atoms with van der Waals surface area (Å²) in [7, 11) is 5.03. The maximum absolute atomic E-state index is 16.9. The highest BCUT2D eigenvalue weighted by Gasteiger charge is 2.61. The van der Waals surface area contributed by atoms with Gasteiger partial charge in [0.2, 0.25) is 0 Å². The molecule has 3 fully saturated rings. The van der Waals surface area contributed by atoms with Crippen LogP contribution in [0.2, 0.25) is 0 Å². The Morgan fingerprint density at radius 1 is 0.983 bits per heavy atom. The Bertz CT molecular complexity index is 1900. The fraction of sp³-hybridized carbons (Fsp3) is 0.698. The minimum atomic E-state index is -3.19. The fourth-order valence-corrected chi connectivity index (χ4v) is 9.58. The zero-order valence-electron chi connectivity index (χ0n) is 35.7. The number of carbonyl (C=O) groups is 4. The first-order chi connectivity index (χ1) is 27.1. The summed E-state index contributed by atoms with van der Waals surface area (Å²) < 4.78 is 49.4. The number of esters is 1. The van der Waals surface area contributed by atoms with Gasteiger partial charge in [0, 0.05) is 61.6 Å². The third-order valence-electron chi connectivity index (χ3n) is 12.9. The molecule has 13 atom stereocenters. The number of likely N-dealkylation sites (N-methyl/N-ethyl adjacent to an activating group) is 1. The van der Waals surface area contributed by atoms with Crippen molar-refractivity contribution in [3.8, 4) is 0 Å². The minimum absolute atomic E-state index is 0.0211. The van der Waals surface area contributed by atoms with E-state index in [1.807, 2.05) is 42.6 Å². The lowest BCUT2D eigenvalue weighted by Crippen LogP contribution is -2.61. The summed E-state index contributed by atoms with van der Waals surface area (Å²) in [4.78, 5) is 72.6. The summed E-state index contributed by atoms with van der Waals surface area (Å²) in [6.07, 6.45) is -3.44. The van der Waals surface area contributed by atoms with Gasteiger partial charge in [0.05, 0.1) is 29.4 Å². The van der Waals surface area contributed by atoms with Gasteiger partial charge < -0.3 is 43.2 Å². The molecular formula is C43H62FN3O11. The number of hydrogen-bond acceptors (Lipinski definition) is 12. The minimum Gasteiger partial charge on any atom is -0.455 e. The maximum atomic E-state index is 16.9. The smallest absolute Gasteiger partial charge is 0.410 e. The van der Waals surface area contributed by atoms with Gasteiger partial charge in [-0.3, -0.25) is 14.4 Å². The molecule has 58 heavy (non-hydrogen) atoms. The topological polar surface area (TPSA) is 163 Å². The van der Waals surface area contributed by atoms with Crippen LogP contribution in [0, 0.1) is 17.8 Å². The number of aliphatic hydroxyl groups is 1. The standard InChI is InChI=1S/C43H62FN3O11/c1-12-32-43(8)35(47(40(53)58-43)20-15-19-46-21-18-31(48)28-16-13-14-17-29(28)46)26(4)33(49)24(2)23-41(6,54-11)37(27(5)36(51)42(7,44)39(52)56-32)57-38-34(50)30(45(9)10)22-25(3)55-38/h13-14,16-18,21,24-27,30,32,34-35,37-38,50H,12,15,19-20,22-23H2,1-11H3/t24-,25-,26+,27+,30+,32-,34-,35-,37-,38+,41+,42+,43-/m1/s1. The predicted molar refractivity (Wildman–Crippen MR) is 213 cm³/mol. The Kier molecular flexibility index (Phi) is 13.6. The van der Waals surface area contributed by atoms with Crippen LogP contribution in [0.4, 0.5) is 9.18 Å². The molecule has 14 nitrogen and oxygen atoms in total. The number of pyridine rings is 1. The molecule has 2 aromatic rings.